The highest BCUT2D eigenvalue weighted by Gasteiger charge is 2.24. The van der Waals surface area contributed by atoms with E-state index in [1.54, 1.807) is 0 Å². The molecule has 168 valence electrons. The monoisotopic (exact) mass is 456 g/mol. The van der Waals surface area contributed by atoms with Gasteiger partial charge in [0.15, 0.2) is 0 Å². The number of carbonyl (C=O) groups is 2. The molecule has 2 amide bonds. The van der Waals surface area contributed by atoms with E-state index < -0.39 is 44.8 Å². The van der Waals surface area contributed by atoms with Crippen molar-refractivity contribution in [3.63, 3.8) is 0 Å². The molecule has 0 unspecified atom stereocenters. The second-order valence-corrected chi connectivity index (χ2v) is 6.12. The molecular weight excluding hydrogens is 443 g/mol. The predicted molar refractivity (Wildman–Crippen MR) is 110 cm³/mol. The third-order valence-electron chi connectivity index (χ3n) is 4.03. The molecule has 0 aliphatic rings. The maximum absolute atomic E-state index is 13.7. The smallest absolute Gasteiger partial charge is 0.276 e. The number of hydrogen-bond donors (Lipinski definition) is 4. The minimum Gasteiger partial charge on any atom is -0.276 e. The Balaban J connectivity index is 1.75. The average molecular weight is 456 g/mol. The fraction of sp³-hybridized carbons (Fsp3) is 0. The molecule has 3 aromatic rings. The van der Waals surface area contributed by atoms with Gasteiger partial charge in [0.1, 0.15) is 12.1 Å². The molecule has 1 aromatic heterocycles. The summed E-state index contributed by atoms with van der Waals surface area (Å²) in [5, 5.41) is 22.4. The normalized spacial score (nSPS) is 10.1. The Morgan fingerprint density at radius 2 is 1.48 bits per heavy atom. The molecule has 3 rings (SSSR count). The van der Waals surface area contributed by atoms with Gasteiger partial charge in [0.2, 0.25) is 11.6 Å². The second-order valence-electron chi connectivity index (χ2n) is 6.12. The topological polar surface area (TPSA) is 194 Å². The highest BCUT2D eigenvalue weighted by atomic mass is 19.1. The lowest BCUT2D eigenvalue weighted by molar-refractivity contribution is -0.384. The minimum absolute atomic E-state index is 0.0936. The number of non-ortho nitro benzene ring substituents is 1. The van der Waals surface area contributed by atoms with E-state index in [2.05, 4.69) is 31.7 Å². The van der Waals surface area contributed by atoms with Crippen LogP contribution in [0.4, 0.5) is 27.4 Å². The molecule has 2 aromatic carbocycles. The number of nitro benzene ring substituents is 1. The third-order valence-corrected chi connectivity index (χ3v) is 4.03. The molecule has 4 N–H and O–H groups in total. The number of nitro groups is 2. The Kier molecular flexibility index (Phi) is 6.63. The van der Waals surface area contributed by atoms with Gasteiger partial charge < -0.3 is 0 Å². The van der Waals surface area contributed by atoms with E-state index in [1.165, 1.54) is 36.4 Å². The molecule has 0 fully saturated rings. The largest absolute Gasteiger partial charge is 0.356 e. The summed E-state index contributed by atoms with van der Waals surface area (Å²) in [6.07, 6.45) is 0.895. The van der Waals surface area contributed by atoms with Crippen molar-refractivity contribution >= 4 is 34.8 Å². The molecular formula is C18H13FN8O6. The van der Waals surface area contributed by atoms with Crippen molar-refractivity contribution in [1.82, 2.24) is 20.8 Å². The lowest BCUT2D eigenvalue weighted by Crippen LogP contribution is -2.32. The number of nitrogens with zero attached hydrogens (tertiary/aromatic N) is 4. The summed E-state index contributed by atoms with van der Waals surface area (Å²) in [6.45, 7) is 0. The molecule has 0 spiro atoms. The Morgan fingerprint density at radius 1 is 0.848 bits per heavy atom. The number of nitrogens with one attached hydrogen (secondary N) is 4. The number of hydrogen-bond acceptors (Lipinski definition) is 10. The van der Waals surface area contributed by atoms with Crippen LogP contribution in [-0.2, 0) is 0 Å². The second kappa shape index (κ2) is 9.73. The molecule has 33 heavy (non-hydrogen) atoms. The number of amides is 2. The minimum atomic E-state index is -0.922. The molecule has 1 heterocycles. The molecule has 0 bridgehead atoms. The van der Waals surface area contributed by atoms with Gasteiger partial charge in [0.25, 0.3) is 17.5 Å². The number of rotatable bonds is 8. The number of carbonyl (C=O) groups excluding carboxylic acids is 2. The van der Waals surface area contributed by atoms with E-state index in [0.717, 1.165) is 18.5 Å². The van der Waals surface area contributed by atoms with Gasteiger partial charge >= 0.3 is 5.69 Å². The number of halogens is 1. The maximum atomic E-state index is 13.7. The highest BCUT2D eigenvalue weighted by molar-refractivity contribution is 5.96. The summed E-state index contributed by atoms with van der Waals surface area (Å²) in [5.41, 5.74) is 7.17. The number of hydrazine groups is 2. The van der Waals surface area contributed by atoms with Crippen molar-refractivity contribution in [2.75, 3.05) is 10.9 Å². The van der Waals surface area contributed by atoms with Crippen LogP contribution in [0.2, 0.25) is 0 Å². The molecule has 14 nitrogen and oxygen atoms in total. The average Bonchev–Trinajstić information content (AvgIpc) is 2.81. The Morgan fingerprint density at radius 3 is 2.09 bits per heavy atom. The lowest BCUT2D eigenvalue weighted by atomic mass is 10.2. The Labute approximate surface area is 183 Å². The van der Waals surface area contributed by atoms with Crippen molar-refractivity contribution in [3.05, 3.63) is 92.0 Å². The molecule has 0 aliphatic heterocycles. The number of anilines is 2. The van der Waals surface area contributed by atoms with Gasteiger partial charge in [-0.05, 0) is 18.2 Å². The molecule has 0 saturated carbocycles. The van der Waals surface area contributed by atoms with Crippen molar-refractivity contribution in [3.8, 4) is 0 Å². The maximum Gasteiger partial charge on any atom is 0.356 e. The van der Waals surface area contributed by atoms with E-state index >= 15 is 0 Å². The molecule has 15 heteroatoms. The van der Waals surface area contributed by atoms with Crippen LogP contribution in [0.5, 0.6) is 0 Å². The number of aromatic nitrogens is 2. The lowest BCUT2D eigenvalue weighted by Gasteiger charge is -2.11. The molecule has 0 aliphatic carbocycles. The van der Waals surface area contributed by atoms with Gasteiger partial charge in [0, 0.05) is 17.7 Å². The van der Waals surface area contributed by atoms with E-state index in [1.807, 2.05) is 0 Å². The van der Waals surface area contributed by atoms with Gasteiger partial charge in [-0.1, -0.05) is 18.2 Å². The Hall–Kier alpha value is -5.21. The van der Waals surface area contributed by atoms with Crippen LogP contribution in [0, 0.1) is 26.0 Å². The summed E-state index contributed by atoms with van der Waals surface area (Å²) in [4.78, 5) is 52.5. The first-order chi connectivity index (χ1) is 15.8. The zero-order chi connectivity index (χ0) is 24.0. The zero-order valence-corrected chi connectivity index (χ0v) is 16.3. The fourth-order valence-corrected chi connectivity index (χ4v) is 2.51. The van der Waals surface area contributed by atoms with Gasteiger partial charge in [-0.3, -0.25) is 51.5 Å². The summed E-state index contributed by atoms with van der Waals surface area (Å²) >= 11 is 0. The fourth-order valence-electron chi connectivity index (χ4n) is 2.51. The first-order valence-electron chi connectivity index (χ1n) is 8.89. The standard InChI is InChI=1S/C18H13FN8O6/c19-13-7-2-1-6-12(13)18(29)25-23-16-14(27(32)33)15(20-9-21-16)22-24-17(28)10-4-3-5-11(8-10)26(30)31/h1-9H,(H,24,28)(H,25,29)(H2,20,21,22,23). The van der Waals surface area contributed by atoms with Crippen LogP contribution in [0.25, 0.3) is 0 Å². The van der Waals surface area contributed by atoms with Crippen LogP contribution in [0.3, 0.4) is 0 Å². The highest BCUT2D eigenvalue weighted by Crippen LogP contribution is 2.28. The summed E-state index contributed by atoms with van der Waals surface area (Å²) in [5.74, 6) is -3.49. The van der Waals surface area contributed by atoms with Crippen LogP contribution in [0.15, 0.2) is 54.9 Å². The van der Waals surface area contributed by atoms with Crippen molar-refractivity contribution in [2.24, 2.45) is 0 Å². The van der Waals surface area contributed by atoms with E-state index in [4.69, 9.17) is 0 Å². The van der Waals surface area contributed by atoms with E-state index in [-0.39, 0.29) is 16.8 Å². The third kappa shape index (κ3) is 5.29. The predicted octanol–water partition coefficient (Wildman–Crippen LogP) is 1.95. The zero-order valence-electron chi connectivity index (χ0n) is 16.3. The van der Waals surface area contributed by atoms with Crippen molar-refractivity contribution < 1.29 is 23.8 Å². The van der Waals surface area contributed by atoms with Crippen molar-refractivity contribution in [2.45, 2.75) is 0 Å². The molecule has 0 saturated heterocycles. The van der Waals surface area contributed by atoms with E-state index in [9.17, 15) is 34.2 Å². The molecule has 0 radical (unpaired) electrons. The SMILES string of the molecule is O=C(NNc1ncnc(NNC(=O)c2ccccc2F)c1[N+](=O)[O-])c1cccc([N+](=O)[O-])c1. The van der Waals surface area contributed by atoms with Gasteiger partial charge in [-0.25, -0.2) is 14.4 Å². The molecule has 0 atom stereocenters. The first-order valence-corrected chi connectivity index (χ1v) is 8.89. The van der Waals surface area contributed by atoms with Crippen LogP contribution in [0.1, 0.15) is 20.7 Å². The van der Waals surface area contributed by atoms with Gasteiger partial charge in [0.05, 0.1) is 15.4 Å². The summed E-state index contributed by atoms with van der Waals surface area (Å²) in [6, 6.07) is 9.87. The Bertz CT molecular complexity index is 1250. The summed E-state index contributed by atoms with van der Waals surface area (Å²) < 4.78 is 13.7. The van der Waals surface area contributed by atoms with Crippen LogP contribution < -0.4 is 21.7 Å². The van der Waals surface area contributed by atoms with Gasteiger partial charge in [-0.2, -0.15) is 0 Å². The van der Waals surface area contributed by atoms with Crippen LogP contribution >= 0.6 is 0 Å². The van der Waals surface area contributed by atoms with E-state index in [0.29, 0.717) is 0 Å². The number of benzene rings is 2. The first kappa shape index (κ1) is 22.5. The summed E-state index contributed by atoms with van der Waals surface area (Å²) in [7, 11) is 0. The van der Waals surface area contributed by atoms with Crippen LogP contribution in [-0.4, -0.2) is 31.6 Å². The van der Waals surface area contributed by atoms with Gasteiger partial charge in [-0.15, -0.1) is 0 Å². The quantitative estimate of drug-likeness (QED) is 0.287. The van der Waals surface area contributed by atoms with Crippen molar-refractivity contribution in [1.29, 1.82) is 0 Å².